The molecular formula is C7H8BN3O2. The Morgan fingerprint density at radius 3 is 2.85 bits per heavy atom. The fourth-order valence-corrected chi connectivity index (χ4v) is 1.25. The van der Waals surface area contributed by atoms with Crippen molar-refractivity contribution >= 4 is 23.6 Å². The summed E-state index contributed by atoms with van der Waals surface area (Å²) in [5, 5.41) is 18.0. The first-order chi connectivity index (χ1) is 6.20. The average Bonchev–Trinajstić information content (AvgIpc) is 2.48. The van der Waals surface area contributed by atoms with Crippen molar-refractivity contribution in [3.63, 3.8) is 0 Å². The van der Waals surface area contributed by atoms with E-state index in [4.69, 9.17) is 10.0 Å². The normalized spacial score (nSPS) is 10.7. The number of fused-ring (bicyclic) bond motifs is 1. The van der Waals surface area contributed by atoms with Crippen molar-refractivity contribution in [1.29, 1.82) is 0 Å². The molecule has 0 aliphatic carbocycles. The molecule has 0 aromatic carbocycles. The number of pyridine rings is 1. The van der Waals surface area contributed by atoms with Crippen LogP contribution in [0.2, 0.25) is 0 Å². The molecule has 13 heavy (non-hydrogen) atoms. The Kier molecular flexibility index (Phi) is 1.79. The van der Waals surface area contributed by atoms with Crippen molar-refractivity contribution < 1.29 is 10.0 Å². The van der Waals surface area contributed by atoms with Crippen LogP contribution in [0.3, 0.4) is 0 Å². The zero-order chi connectivity index (χ0) is 9.42. The molecule has 0 atom stereocenters. The van der Waals surface area contributed by atoms with Gasteiger partial charge in [-0.3, -0.25) is 4.98 Å². The highest BCUT2D eigenvalue weighted by Crippen LogP contribution is 2.06. The molecule has 5 nitrogen and oxygen atoms in total. The number of aryl methyl sites for hydroxylation is 1. The van der Waals surface area contributed by atoms with E-state index in [1.54, 1.807) is 17.1 Å². The summed E-state index contributed by atoms with van der Waals surface area (Å²) < 4.78 is 1.77. The van der Waals surface area contributed by atoms with E-state index in [9.17, 15) is 0 Å². The topological polar surface area (TPSA) is 71.2 Å². The molecule has 0 fully saturated rings. The van der Waals surface area contributed by atoms with Crippen LogP contribution < -0.4 is 5.46 Å². The molecule has 0 bridgehead atoms. The minimum absolute atomic E-state index is 0.332. The Balaban J connectivity index is 2.77. The monoisotopic (exact) mass is 177 g/mol. The van der Waals surface area contributed by atoms with Crippen molar-refractivity contribution in [3.05, 3.63) is 18.7 Å². The van der Waals surface area contributed by atoms with Gasteiger partial charge in [-0.2, -0.15) is 0 Å². The highest BCUT2D eigenvalue weighted by atomic mass is 16.4. The minimum atomic E-state index is -1.52. The zero-order valence-corrected chi connectivity index (χ0v) is 7.05. The van der Waals surface area contributed by atoms with Crippen molar-refractivity contribution in [1.82, 2.24) is 14.5 Å². The first-order valence-electron chi connectivity index (χ1n) is 3.81. The molecule has 66 valence electrons. The van der Waals surface area contributed by atoms with E-state index in [1.807, 2.05) is 7.05 Å². The molecule has 0 aliphatic rings. The fraction of sp³-hybridized carbons (Fsp3) is 0.143. The molecule has 2 aromatic rings. The van der Waals surface area contributed by atoms with Gasteiger partial charge >= 0.3 is 7.12 Å². The van der Waals surface area contributed by atoms with Crippen molar-refractivity contribution in [2.24, 2.45) is 7.05 Å². The highest BCUT2D eigenvalue weighted by Gasteiger charge is 2.17. The SMILES string of the molecule is Cn1cnc2c(B(O)O)cncc21. The lowest BCUT2D eigenvalue weighted by molar-refractivity contribution is 0.426. The molecular weight excluding hydrogens is 169 g/mol. The van der Waals surface area contributed by atoms with Crippen LogP contribution in [0.4, 0.5) is 0 Å². The van der Waals surface area contributed by atoms with Crippen LogP contribution in [0.5, 0.6) is 0 Å². The number of rotatable bonds is 1. The van der Waals surface area contributed by atoms with E-state index < -0.39 is 7.12 Å². The van der Waals surface area contributed by atoms with E-state index in [2.05, 4.69) is 9.97 Å². The third-order valence-electron chi connectivity index (χ3n) is 1.94. The fourth-order valence-electron chi connectivity index (χ4n) is 1.25. The minimum Gasteiger partial charge on any atom is -0.423 e. The van der Waals surface area contributed by atoms with E-state index in [1.165, 1.54) is 6.20 Å². The van der Waals surface area contributed by atoms with E-state index in [0.717, 1.165) is 5.52 Å². The van der Waals surface area contributed by atoms with Crippen LogP contribution in [-0.2, 0) is 7.05 Å². The third kappa shape index (κ3) is 1.20. The van der Waals surface area contributed by atoms with E-state index in [-0.39, 0.29) is 0 Å². The second-order valence-electron chi connectivity index (χ2n) is 2.83. The summed E-state index contributed by atoms with van der Waals surface area (Å²) in [5.74, 6) is 0. The van der Waals surface area contributed by atoms with Gasteiger partial charge in [0.25, 0.3) is 0 Å². The molecule has 0 aliphatic heterocycles. The first kappa shape index (κ1) is 8.21. The third-order valence-corrected chi connectivity index (χ3v) is 1.94. The summed E-state index contributed by atoms with van der Waals surface area (Å²) in [4.78, 5) is 7.93. The average molecular weight is 177 g/mol. The maximum Gasteiger partial charge on any atom is 0.492 e. The quantitative estimate of drug-likeness (QED) is 0.528. The zero-order valence-electron chi connectivity index (χ0n) is 7.05. The van der Waals surface area contributed by atoms with Crippen LogP contribution in [0, 0.1) is 0 Å². The Bertz CT molecular complexity index is 440. The Morgan fingerprint density at radius 1 is 1.38 bits per heavy atom. The van der Waals surface area contributed by atoms with Gasteiger partial charge in [-0.1, -0.05) is 0 Å². The molecule has 2 rings (SSSR count). The van der Waals surface area contributed by atoms with Gasteiger partial charge in [0.1, 0.15) is 0 Å². The highest BCUT2D eigenvalue weighted by molar-refractivity contribution is 6.61. The molecule has 6 heteroatoms. The second-order valence-corrected chi connectivity index (χ2v) is 2.83. The lowest BCUT2D eigenvalue weighted by Crippen LogP contribution is -2.31. The van der Waals surface area contributed by atoms with Gasteiger partial charge < -0.3 is 14.6 Å². The molecule has 0 unspecified atom stereocenters. The second kappa shape index (κ2) is 2.83. The van der Waals surface area contributed by atoms with Gasteiger partial charge in [-0.15, -0.1) is 0 Å². The maximum absolute atomic E-state index is 9.00. The smallest absolute Gasteiger partial charge is 0.423 e. The van der Waals surface area contributed by atoms with E-state index in [0.29, 0.717) is 11.0 Å². The predicted molar refractivity (Wildman–Crippen MR) is 48.3 cm³/mol. The molecule has 0 spiro atoms. The lowest BCUT2D eigenvalue weighted by atomic mass is 9.81. The lowest BCUT2D eigenvalue weighted by Gasteiger charge is -1.99. The standard InChI is InChI=1S/C7H8BN3O2/c1-11-4-10-7-5(8(12)13)2-9-3-6(7)11/h2-4,12-13H,1H3. The van der Waals surface area contributed by atoms with Crippen LogP contribution in [0.25, 0.3) is 11.0 Å². The number of hydrogen-bond acceptors (Lipinski definition) is 4. The summed E-state index contributed by atoms with van der Waals surface area (Å²) in [7, 11) is 0.302. The van der Waals surface area contributed by atoms with Crippen molar-refractivity contribution in [2.75, 3.05) is 0 Å². The largest absolute Gasteiger partial charge is 0.492 e. The number of hydrogen-bond donors (Lipinski definition) is 2. The number of imidazole rings is 1. The summed E-state index contributed by atoms with van der Waals surface area (Å²) in [6, 6.07) is 0. The molecule has 2 N–H and O–H groups in total. The van der Waals surface area contributed by atoms with Crippen LogP contribution in [-0.4, -0.2) is 31.7 Å². The number of nitrogens with zero attached hydrogens (tertiary/aromatic N) is 3. The molecule has 0 saturated carbocycles. The predicted octanol–water partition coefficient (Wildman–Crippen LogP) is -1.35. The van der Waals surface area contributed by atoms with Gasteiger partial charge in [0, 0.05) is 18.7 Å². The van der Waals surface area contributed by atoms with Gasteiger partial charge in [0.2, 0.25) is 0 Å². The van der Waals surface area contributed by atoms with Gasteiger partial charge in [-0.25, -0.2) is 4.98 Å². The number of aromatic nitrogens is 3. The molecule has 2 aromatic heterocycles. The van der Waals surface area contributed by atoms with Gasteiger partial charge in [0.05, 0.1) is 23.6 Å². The van der Waals surface area contributed by atoms with Gasteiger partial charge in [-0.05, 0) is 0 Å². The molecule has 0 saturated heterocycles. The van der Waals surface area contributed by atoms with Crippen LogP contribution in [0.1, 0.15) is 0 Å². The summed E-state index contributed by atoms with van der Waals surface area (Å²) in [6.07, 6.45) is 4.65. The molecule has 2 heterocycles. The van der Waals surface area contributed by atoms with Crippen molar-refractivity contribution in [3.8, 4) is 0 Å². The van der Waals surface area contributed by atoms with Gasteiger partial charge in [0.15, 0.2) is 0 Å². The van der Waals surface area contributed by atoms with Crippen molar-refractivity contribution in [2.45, 2.75) is 0 Å². The van der Waals surface area contributed by atoms with E-state index >= 15 is 0 Å². The van der Waals surface area contributed by atoms with Crippen LogP contribution in [0.15, 0.2) is 18.7 Å². The summed E-state index contributed by atoms with van der Waals surface area (Å²) in [5.41, 5.74) is 1.69. The Morgan fingerprint density at radius 2 is 2.15 bits per heavy atom. The summed E-state index contributed by atoms with van der Waals surface area (Å²) in [6.45, 7) is 0. The Hall–Kier alpha value is -1.40. The summed E-state index contributed by atoms with van der Waals surface area (Å²) >= 11 is 0. The molecule has 0 amide bonds. The first-order valence-corrected chi connectivity index (χ1v) is 3.81. The Labute approximate surface area is 74.8 Å². The molecule has 0 radical (unpaired) electrons. The maximum atomic E-state index is 9.00. The van der Waals surface area contributed by atoms with Crippen LogP contribution >= 0.6 is 0 Å².